The van der Waals surface area contributed by atoms with E-state index in [4.69, 9.17) is 6.42 Å². The van der Waals surface area contributed by atoms with Gasteiger partial charge in [-0.05, 0) is 31.1 Å². The lowest BCUT2D eigenvalue weighted by molar-refractivity contribution is -0.143. The maximum absolute atomic E-state index is 12.1. The number of nitrogens with zero attached hydrogens (tertiary/aromatic N) is 2. The maximum Gasteiger partial charge on any atom is 0.433 e. The summed E-state index contributed by atoms with van der Waals surface area (Å²) in [5.41, 5.74) is 0.898. The first kappa shape index (κ1) is 12.7. The molecular weight excluding hydrogens is 241 g/mol. The number of aryl methyl sites for hydroxylation is 1. The van der Waals surface area contributed by atoms with Crippen LogP contribution in [0.4, 0.5) is 13.2 Å². The van der Waals surface area contributed by atoms with Crippen LogP contribution in [0, 0.1) is 18.3 Å². The van der Waals surface area contributed by atoms with Gasteiger partial charge < -0.3 is 0 Å². The van der Waals surface area contributed by atoms with E-state index >= 15 is 0 Å². The Labute approximate surface area is 103 Å². The highest BCUT2D eigenvalue weighted by molar-refractivity contribution is 5.32. The number of rotatable bonds is 0. The lowest BCUT2D eigenvalue weighted by atomic mass is 10.3. The molecule has 0 bridgehead atoms. The molecule has 18 heavy (non-hydrogen) atoms. The van der Waals surface area contributed by atoms with Crippen molar-refractivity contribution in [2.75, 3.05) is 0 Å². The Morgan fingerprint density at radius 1 is 1.50 bits per heavy atom. The number of halogens is 3. The molecule has 1 atom stereocenters. The fourth-order valence-corrected chi connectivity index (χ4v) is 2.08. The predicted molar refractivity (Wildman–Crippen MR) is 61.6 cm³/mol. The zero-order chi connectivity index (χ0) is 13.3. The first-order valence-corrected chi connectivity index (χ1v) is 5.70. The van der Waals surface area contributed by atoms with Gasteiger partial charge in [0.1, 0.15) is 11.4 Å². The number of alkyl halides is 3. The molecule has 0 N–H and O–H groups in total. The van der Waals surface area contributed by atoms with E-state index in [1.807, 2.05) is 5.92 Å². The van der Waals surface area contributed by atoms with Crippen LogP contribution in [0.1, 0.15) is 30.7 Å². The molecule has 2 nitrogen and oxygen atoms in total. The molecule has 2 aliphatic rings. The summed E-state index contributed by atoms with van der Waals surface area (Å²) in [6, 6.07) is 0.833. The molecule has 1 saturated carbocycles. The van der Waals surface area contributed by atoms with Gasteiger partial charge in [-0.15, -0.1) is 6.42 Å². The van der Waals surface area contributed by atoms with E-state index < -0.39 is 11.9 Å². The molecule has 1 aromatic rings. The molecule has 3 rings (SSSR count). The summed E-state index contributed by atoms with van der Waals surface area (Å²) in [7, 11) is 1.20. The molecule has 0 spiro atoms. The van der Waals surface area contributed by atoms with E-state index in [1.165, 1.54) is 26.3 Å². The highest BCUT2D eigenvalue weighted by atomic mass is 19.4. The second kappa shape index (κ2) is 4.52. The number of fused-ring (bicyclic) bond motifs is 1. The molecule has 0 saturated heterocycles. The van der Waals surface area contributed by atoms with Crippen LogP contribution in [0.2, 0.25) is 0 Å². The first-order chi connectivity index (χ1) is 8.41. The third-order valence-corrected chi connectivity index (χ3v) is 3.08. The predicted octanol–water partition coefficient (Wildman–Crippen LogP) is 3.15. The Morgan fingerprint density at radius 2 is 2.22 bits per heavy atom. The van der Waals surface area contributed by atoms with Crippen LogP contribution in [0.3, 0.4) is 0 Å². The van der Waals surface area contributed by atoms with Crippen LogP contribution >= 0.6 is 0 Å². The highest BCUT2D eigenvalue weighted by Gasteiger charge is 2.34. The molecule has 1 unspecified atom stereocenters. The zero-order valence-electron chi connectivity index (χ0n) is 9.96. The molecule has 1 fully saturated rings. The third-order valence-electron chi connectivity index (χ3n) is 3.08. The monoisotopic (exact) mass is 254 g/mol. The van der Waals surface area contributed by atoms with Crippen molar-refractivity contribution in [3.8, 4) is 12.3 Å². The van der Waals surface area contributed by atoms with Gasteiger partial charge in [-0.3, -0.25) is 4.68 Å². The molecule has 0 aliphatic heterocycles. The molecule has 0 amide bonds. The van der Waals surface area contributed by atoms with Crippen molar-refractivity contribution in [2.45, 2.75) is 25.4 Å². The standard InChI is InChI=1S/C7H5F3N2.C6H8/c1-3-5-4-6(7(8,9)10)12(2)11-5;1-2-5-4-6(5)3-1/h1,4H,2H3;4-5H,1-3H2. The van der Waals surface area contributed by atoms with Crippen molar-refractivity contribution in [1.82, 2.24) is 9.78 Å². The van der Waals surface area contributed by atoms with Gasteiger partial charge in [0.25, 0.3) is 0 Å². The van der Waals surface area contributed by atoms with Gasteiger partial charge in [0.05, 0.1) is 0 Å². The smallest absolute Gasteiger partial charge is 0.262 e. The fraction of sp³-hybridized carbons (Fsp3) is 0.462. The van der Waals surface area contributed by atoms with Crippen molar-refractivity contribution in [3.63, 3.8) is 0 Å². The summed E-state index contributed by atoms with van der Waals surface area (Å²) < 4.78 is 36.9. The summed E-state index contributed by atoms with van der Waals surface area (Å²) in [6.07, 6.45) is 7.24. The Hall–Kier alpha value is -1.70. The van der Waals surface area contributed by atoms with E-state index in [0.29, 0.717) is 0 Å². The quantitative estimate of drug-likeness (QED) is 0.513. The van der Waals surface area contributed by atoms with Crippen molar-refractivity contribution < 1.29 is 13.2 Å². The van der Waals surface area contributed by atoms with Crippen molar-refractivity contribution in [1.29, 1.82) is 0 Å². The molecule has 0 radical (unpaired) electrons. The lowest BCUT2D eigenvalue weighted by Crippen LogP contribution is -2.11. The maximum atomic E-state index is 12.1. The SMILES string of the molecule is C#Cc1cc(C(F)(F)F)n(C)n1.C1=C2CCCC12. The van der Waals surface area contributed by atoms with Gasteiger partial charge in [0, 0.05) is 13.1 Å². The minimum atomic E-state index is -4.39. The van der Waals surface area contributed by atoms with Gasteiger partial charge in [-0.1, -0.05) is 11.6 Å². The second-order valence-corrected chi connectivity index (χ2v) is 4.42. The number of hydrogen-bond acceptors (Lipinski definition) is 1. The Kier molecular flexibility index (Phi) is 3.20. The zero-order valence-corrected chi connectivity index (χ0v) is 9.96. The van der Waals surface area contributed by atoms with E-state index in [9.17, 15) is 13.2 Å². The van der Waals surface area contributed by atoms with E-state index in [2.05, 4.69) is 11.2 Å². The van der Waals surface area contributed by atoms with E-state index in [1.54, 1.807) is 5.57 Å². The second-order valence-electron chi connectivity index (χ2n) is 4.42. The number of hydrogen-bond donors (Lipinski definition) is 0. The van der Waals surface area contributed by atoms with Gasteiger partial charge in [0.2, 0.25) is 0 Å². The Bertz CT molecular complexity index is 517. The largest absolute Gasteiger partial charge is 0.433 e. The molecule has 96 valence electrons. The molecule has 0 aromatic carbocycles. The molecule has 2 aliphatic carbocycles. The van der Waals surface area contributed by atoms with Crippen molar-refractivity contribution in [2.24, 2.45) is 13.0 Å². The molecule has 1 aromatic heterocycles. The number of aromatic nitrogens is 2. The minimum Gasteiger partial charge on any atom is -0.262 e. The van der Waals surface area contributed by atoms with Crippen LogP contribution in [0.5, 0.6) is 0 Å². The van der Waals surface area contributed by atoms with Gasteiger partial charge in [0.15, 0.2) is 0 Å². The summed E-state index contributed by atoms with van der Waals surface area (Å²) in [6.45, 7) is 0. The molecule has 5 heteroatoms. The summed E-state index contributed by atoms with van der Waals surface area (Å²) in [5.74, 6) is 3.03. The highest BCUT2D eigenvalue weighted by Crippen LogP contribution is 2.43. The minimum absolute atomic E-state index is 0.00942. The fourth-order valence-electron chi connectivity index (χ4n) is 2.08. The van der Waals surface area contributed by atoms with Crippen LogP contribution in [0.15, 0.2) is 17.7 Å². The van der Waals surface area contributed by atoms with E-state index in [-0.39, 0.29) is 5.69 Å². The normalized spacial score (nSPS) is 20.4. The molecular formula is C13H13F3N2. The number of allylic oxidation sites excluding steroid dienone is 2. The van der Waals surface area contributed by atoms with E-state index in [0.717, 1.165) is 16.7 Å². The topological polar surface area (TPSA) is 17.8 Å². The summed E-state index contributed by atoms with van der Waals surface area (Å²) >= 11 is 0. The number of terminal acetylenes is 1. The van der Waals surface area contributed by atoms with Crippen molar-refractivity contribution >= 4 is 0 Å². The van der Waals surface area contributed by atoms with Crippen LogP contribution in [-0.2, 0) is 13.2 Å². The van der Waals surface area contributed by atoms with Crippen LogP contribution < -0.4 is 0 Å². The Morgan fingerprint density at radius 3 is 2.44 bits per heavy atom. The van der Waals surface area contributed by atoms with Gasteiger partial charge in [-0.2, -0.15) is 18.3 Å². The molecule has 1 heterocycles. The van der Waals surface area contributed by atoms with Gasteiger partial charge >= 0.3 is 6.18 Å². The van der Waals surface area contributed by atoms with Crippen LogP contribution in [-0.4, -0.2) is 9.78 Å². The summed E-state index contributed by atoms with van der Waals surface area (Å²) in [4.78, 5) is 0. The van der Waals surface area contributed by atoms with Gasteiger partial charge in [-0.25, -0.2) is 0 Å². The first-order valence-electron chi connectivity index (χ1n) is 5.70. The third kappa shape index (κ3) is 2.76. The Balaban J connectivity index is 0.000000164. The van der Waals surface area contributed by atoms with Crippen molar-refractivity contribution in [3.05, 3.63) is 29.1 Å². The average Bonchev–Trinajstić information content (AvgIpc) is 2.74. The average molecular weight is 254 g/mol. The summed E-state index contributed by atoms with van der Waals surface area (Å²) in [5, 5.41) is 3.46. The van der Waals surface area contributed by atoms with Crippen LogP contribution in [0.25, 0.3) is 0 Å². The lowest BCUT2D eigenvalue weighted by Gasteiger charge is -2.04.